The molecule has 3 atom stereocenters. The molecule has 6 rings (SSSR count). The van der Waals surface area contributed by atoms with Crippen LogP contribution in [-0.2, 0) is 14.3 Å². The number of rotatable bonds is 2. The van der Waals surface area contributed by atoms with Gasteiger partial charge in [-0.3, -0.25) is 19.2 Å². The van der Waals surface area contributed by atoms with Gasteiger partial charge in [-0.25, -0.2) is 4.90 Å². The van der Waals surface area contributed by atoms with Gasteiger partial charge in [0.15, 0.2) is 0 Å². The molecule has 0 aromatic heterocycles. The minimum absolute atomic E-state index is 0.218. The lowest BCUT2D eigenvalue weighted by Gasteiger charge is -2.27. The molecule has 1 spiro atoms. The summed E-state index contributed by atoms with van der Waals surface area (Å²) in [6, 6.07) is 20.7. The number of ether oxygens (including phenoxy) is 1. The third kappa shape index (κ3) is 2.59. The first-order valence-corrected chi connectivity index (χ1v) is 11.7. The number of anilines is 1. The SMILES string of the molecule is Cc1ccc(C2OC3(C(=O)c4ccccc4C3=O)C3C(=O)N(c4ccccc4Br)C(=O)C23)cc1. The number of carbonyl (C=O) groups is 4. The highest BCUT2D eigenvalue weighted by molar-refractivity contribution is 9.10. The van der Waals surface area contributed by atoms with E-state index < -0.39 is 46.9 Å². The Morgan fingerprint density at radius 2 is 1.38 bits per heavy atom. The summed E-state index contributed by atoms with van der Waals surface area (Å²) in [6.45, 7) is 1.93. The normalized spacial score (nSPS) is 24.8. The minimum atomic E-state index is -2.06. The van der Waals surface area contributed by atoms with E-state index in [-0.39, 0.29) is 11.1 Å². The van der Waals surface area contributed by atoms with Crippen LogP contribution in [0.25, 0.3) is 0 Å². The summed E-state index contributed by atoms with van der Waals surface area (Å²) >= 11 is 3.42. The minimum Gasteiger partial charge on any atom is -0.349 e. The van der Waals surface area contributed by atoms with E-state index in [2.05, 4.69) is 15.9 Å². The zero-order valence-corrected chi connectivity index (χ0v) is 19.6. The number of fused-ring (bicyclic) bond motifs is 3. The number of carbonyl (C=O) groups excluding carboxylic acids is 4. The molecule has 2 amide bonds. The highest BCUT2D eigenvalue weighted by Crippen LogP contribution is 2.58. The van der Waals surface area contributed by atoms with Crippen molar-refractivity contribution in [3.05, 3.63) is 99.5 Å². The van der Waals surface area contributed by atoms with E-state index in [0.29, 0.717) is 15.7 Å². The second kappa shape index (κ2) is 7.29. The van der Waals surface area contributed by atoms with Crippen LogP contribution in [0.3, 0.4) is 0 Å². The standard InChI is InChI=1S/C27H18BrNO5/c1-14-10-12-15(13-11-14)22-20-21(26(33)29(25(20)32)19-9-5-4-8-18(19)28)27(34-22)23(30)16-6-2-3-7-17(16)24(27)31/h2-13,20-22H,1H3. The summed E-state index contributed by atoms with van der Waals surface area (Å²) in [5, 5.41) is 0. The molecule has 1 aliphatic carbocycles. The van der Waals surface area contributed by atoms with Gasteiger partial charge >= 0.3 is 0 Å². The smallest absolute Gasteiger partial charge is 0.241 e. The van der Waals surface area contributed by atoms with Crippen molar-refractivity contribution in [3.8, 4) is 0 Å². The van der Waals surface area contributed by atoms with Crippen molar-refractivity contribution in [1.82, 2.24) is 0 Å². The van der Waals surface area contributed by atoms with Crippen LogP contribution >= 0.6 is 15.9 Å². The van der Waals surface area contributed by atoms with Gasteiger partial charge in [-0.1, -0.05) is 66.2 Å². The van der Waals surface area contributed by atoms with Gasteiger partial charge in [0.25, 0.3) is 0 Å². The van der Waals surface area contributed by atoms with Crippen molar-refractivity contribution in [1.29, 1.82) is 0 Å². The predicted molar refractivity (Wildman–Crippen MR) is 126 cm³/mol. The maximum Gasteiger partial charge on any atom is 0.241 e. The Morgan fingerprint density at radius 3 is 2.00 bits per heavy atom. The summed E-state index contributed by atoms with van der Waals surface area (Å²) in [5.74, 6) is -4.48. The molecule has 7 heteroatoms. The predicted octanol–water partition coefficient (Wildman–Crippen LogP) is 4.45. The van der Waals surface area contributed by atoms with E-state index in [1.165, 1.54) is 0 Å². The molecule has 6 nitrogen and oxygen atoms in total. The fourth-order valence-electron chi connectivity index (χ4n) is 5.44. The van der Waals surface area contributed by atoms with Crippen LogP contribution in [0.15, 0.2) is 77.3 Å². The second-order valence-electron chi connectivity index (χ2n) is 8.86. The van der Waals surface area contributed by atoms with Crippen molar-refractivity contribution < 1.29 is 23.9 Å². The Balaban J connectivity index is 1.56. The fourth-order valence-corrected chi connectivity index (χ4v) is 5.91. The van der Waals surface area contributed by atoms with Gasteiger partial charge in [-0.15, -0.1) is 0 Å². The lowest BCUT2D eigenvalue weighted by Crippen LogP contribution is -2.51. The molecule has 3 aliphatic rings. The highest BCUT2D eigenvalue weighted by Gasteiger charge is 2.74. The Hall–Kier alpha value is -3.42. The van der Waals surface area contributed by atoms with Gasteiger partial charge in [0.2, 0.25) is 29.0 Å². The number of aryl methyl sites for hydroxylation is 1. The monoisotopic (exact) mass is 515 g/mol. The number of ketones is 2. The summed E-state index contributed by atoms with van der Waals surface area (Å²) in [5.41, 5.74) is 0.402. The largest absolute Gasteiger partial charge is 0.349 e. The zero-order valence-electron chi connectivity index (χ0n) is 18.0. The summed E-state index contributed by atoms with van der Waals surface area (Å²) < 4.78 is 6.85. The van der Waals surface area contributed by atoms with Crippen molar-refractivity contribution in [3.63, 3.8) is 0 Å². The maximum absolute atomic E-state index is 13.9. The quantitative estimate of drug-likeness (QED) is 0.372. The van der Waals surface area contributed by atoms with Gasteiger partial charge in [-0.05, 0) is 40.5 Å². The third-order valence-corrected chi connectivity index (χ3v) is 7.69. The maximum atomic E-state index is 13.9. The molecule has 168 valence electrons. The summed E-state index contributed by atoms with van der Waals surface area (Å²) in [6.07, 6.45) is -0.920. The molecule has 2 aliphatic heterocycles. The van der Waals surface area contributed by atoms with Crippen LogP contribution in [0.2, 0.25) is 0 Å². The zero-order chi connectivity index (χ0) is 23.8. The molecule has 34 heavy (non-hydrogen) atoms. The number of benzene rings is 3. The molecule has 2 fully saturated rings. The first-order valence-electron chi connectivity index (χ1n) is 10.9. The van der Waals surface area contributed by atoms with Gasteiger partial charge in [0.1, 0.15) is 0 Å². The second-order valence-corrected chi connectivity index (χ2v) is 9.71. The number of para-hydroxylation sites is 1. The molecule has 2 heterocycles. The number of amides is 2. The summed E-state index contributed by atoms with van der Waals surface area (Å²) in [7, 11) is 0. The molecular weight excluding hydrogens is 498 g/mol. The summed E-state index contributed by atoms with van der Waals surface area (Å²) in [4.78, 5) is 56.2. The van der Waals surface area contributed by atoms with E-state index >= 15 is 0 Å². The molecule has 0 radical (unpaired) electrons. The lowest BCUT2D eigenvalue weighted by molar-refractivity contribution is -0.127. The molecule has 0 bridgehead atoms. The average molecular weight is 516 g/mol. The topological polar surface area (TPSA) is 80.8 Å². The lowest BCUT2D eigenvalue weighted by atomic mass is 9.77. The van der Waals surface area contributed by atoms with Crippen molar-refractivity contribution in [2.45, 2.75) is 18.6 Å². The molecule has 3 aromatic rings. The first-order chi connectivity index (χ1) is 16.4. The highest BCUT2D eigenvalue weighted by atomic mass is 79.9. The van der Waals surface area contributed by atoms with Crippen molar-refractivity contribution in [2.75, 3.05) is 4.90 Å². The van der Waals surface area contributed by atoms with Crippen LogP contribution in [0.4, 0.5) is 5.69 Å². The van der Waals surface area contributed by atoms with E-state index in [4.69, 9.17) is 4.74 Å². The van der Waals surface area contributed by atoms with Crippen LogP contribution < -0.4 is 4.90 Å². The van der Waals surface area contributed by atoms with Gasteiger partial charge in [0, 0.05) is 15.6 Å². The van der Waals surface area contributed by atoms with Gasteiger partial charge in [0.05, 0.1) is 23.6 Å². The molecule has 2 saturated heterocycles. The number of hydrogen-bond donors (Lipinski definition) is 0. The van der Waals surface area contributed by atoms with Crippen LogP contribution in [0, 0.1) is 18.8 Å². The Labute approximate surface area is 203 Å². The van der Waals surface area contributed by atoms with E-state index in [1.807, 2.05) is 31.2 Å². The van der Waals surface area contributed by atoms with Crippen molar-refractivity contribution >= 4 is 45.0 Å². The number of hydrogen-bond acceptors (Lipinski definition) is 5. The number of nitrogens with zero attached hydrogens (tertiary/aromatic N) is 1. The molecule has 3 aromatic carbocycles. The average Bonchev–Trinajstić information content (AvgIpc) is 3.40. The molecule has 3 unspecified atom stereocenters. The molecule has 0 saturated carbocycles. The first kappa shape index (κ1) is 21.1. The van der Waals surface area contributed by atoms with Crippen molar-refractivity contribution in [2.24, 2.45) is 11.8 Å². The van der Waals surface area contributed by atoms with Gasteiger partial charge in [-0.2, -0.15) is 0 Å². The third-order valence-electron chi connectivity index (χ3n) is 7.02. The molecule has 0 N–H and O–H groups in total. The van der Waals surface area contributed by atoms with Crippen LogP contribution in [-0.4, -0.2) is 29.0 Å². The fraction of sp³-hybridized carbons (Fsp3) is 0.185. The Kier molecular flexibility index (Phi) is 4.53. The number of imide groups is 1. The number of halogens is 1. The number of Topliss-reactive ketones (excluding diaryl/α,β-unsaturated/α-hetero) is 2. The molecular formula is C27H18BrNO5. The Bertz CT molecular complexity index is 1380. The van der Waals surface area contributed by atoms with E-state index in [0.717, 1.165) is 10.5 Å². The Morgan fingerprint density at radius 1 is 0.794 bits per heavy atom. The van der Waals surface area contributed by atoms with Gasteiger partial charge < -0.3 is 4.74 Å². The van der Waals surface area contributed by atoms with E-state index in [1.54, 1.807) is 48.5 Å². The van der Waals surface area contributed by atoms with Crippen LogP contribution in [0.1, 0.15) is 37.9 Å². The van der Waals surface area contributed by atoms with E-state index in [9.17, 15) is 19.2 Å². The van der Waals surface area contributed by atoms with Crippen LogP contribution in [0.5, 0.6) is 0 Å².